The summed E-state index contributed by atoms with van der Waals surface area (Å²) in [6.07, 6.45) is 5.01. The van der Waals surface area contributed by atoms with Gasteiger partial charge in [0, 0.05) is 18.9 Å². The molecule has 2 aromatic rings. The van der Waals surface area contributed by atoms with Crippen LogP contribution >= 0.6 is 0 Å². The number of halogens is 1. The molecule has 1 aromatic heterocycles. The van der Waals surface area contributed by atoms with Crippen LogP contribution in [0.25, 0.3) is 0 Å². The standard InChI is InChI=1S/C14H14FN3O/c15-11-3-1-2-10(6-11)13-7-12(19)9-18(13)14-8-16-4-5-17-14/h1-6,8,12-13,19H,7,9H2/t12-,13+/m1/s1. The lowest BCUT2D eigenvalue weighted by Crippen LogP contribution is -2.25. The number of nitrogens with zero attached hydrogens (tertiary/aromatic N) is 3. The van der Waals surface area contributed by atoms with Crippen LogP contribution in [0.2, 0.25) is 0 Å². The molecule has 1 aromatic carbocycles. The maximum Gasteiger partial charge on any atom is 0.147 e. The Bertz CT molecular complexity index is 564. The van der Waals surface area contributed by atoms with E-state index in [1.807, 2.05) is 11.0 Å². The summed E-state index contributed by atoms with van der Waals surface area (Å²) >= 11 is 0. The molecule has 19 heavy (non-hydrogen) atoms. The molecule has 1 saturated heterocycles. The number of hydrogen-bond donors (Lipinski definition) is 1. The summed E-state index contributed by atoms with van der Waals surface area (Å²) in [6.45, 7) is 0.486. The summed E-state index contributed by atoms with van der Waals surface area (Å²) in [7, 11) is 0. The first-order valence-electron chi connectivity index (χ1n) is 6.20. The molecule has 1 fully saturated rings. The maximum atomic E-state index is 13.3. The van der Waals surface area contributed by atoms with E-state index < -0.39 is 6.10 Å². The molecular weight excluding hydrogens is 245 g/mol. The molecule has 3 rings (SSSR count). The Morgan fingerprint density at radius 1 is 1.32 bits per heavy atom. The van der Waals surface area contributed by atoms with Crippen LogP contribution < -0.4 is 4.90 Å². The highest BCUT2D eigenvalue weighted by Crippen LogP contribution is 2.35. The lowest BCUT2D eigenvalue weighted by atomic mass is 10.0. The number of benzene rings is 1. The lowest BCUT2D eigenvalue weighted by molar-refractivity contribution is 0.194. The number of aliphatic hydroxyl groups is 1. The second kappa shape index (κ2) is 4.93. The van der Waals surface area contributed by atoms with E-state index in [4.69, 9.17) is 0 Å². The molecule has 1 aliphatic heterocycles. The van der Waals surface area contributed by atoms with Crippen molar-refractivity contribution in [2.45, 2.75) is 18.6 Å². The van der Waals surface area contributed by atoms with Gasteiger partial charge in [-0.1, -0.05) is 12.1 Å². The van der Waals surface area contributed by atoms with Gasteiger partial charge in [0.15, 0.2) is 0 Å². The molecule has 0 aliphatic carbocycles. The molecule has 98 valence electrons. The monoisotopic (exact) mass is 259 g/mol. The van der Waals surface area contributed by atoms with Gasteiger partial charge in [0.25, 0.3) is 0 Å². The molecule has 0 saturated carbocycles. The Morgan fingerprint density at radius 2 is 2.21 bits per heavy atom. The topological polar surface area (TPSA) is 49.2 Å². The smallest absolute Gasteiger partial charge is 0.147 e. The molecule has 0 radical (unpaired) electrons. The summed E-state index contributed by atoms with van der Waals surface area (Å²) in [6, 6.07) is 6.41. The normalized spacial score (nSPS) is 22.7. The quantitative estimate of drug-likeness (QED) is 0.895. The zero-order chi connectivity index (χ0) is 13.2. The zero-order valence-electron chi connectivity index (χ0n) is 10.3. The summed E-state index contributed by atoms with van der Waals surface area (Å²) in [4.78, 5) is 10.3. The highest BCUT2D eigenvalue weighted by atomic mass is 19.1. The van der Waals surface area contributed by atoms with E-state index in [1.165, 1.54) is 12.1 Å². The van der Waals surface area contributed by atoms with Gasteiger partial charge in [0.05, 0.1) is 18.3 Å². The Hall–Kier alpha value is -2.01. The number of hydrogen-bond acceptors (Lipinski definition) is 4. The molecule has 0 spiro atoms. The van der Waals surface area contributed by atoms with Gasteiger partial charge >= 0.3 is 0 Å². The highest BCUT2D eigenvalue weighted by Gasteiger charge is 2.33. The van der Waals surface area contributed by atoms with Crippen molar-refractivity contribution in [3.8, 4) is 0 Å². The fraction of sp³-hybridized carbons (Fsp3) is 0.286. The lowest BCUT2D eigenvalue weighted by Gasteiger charge is -2.25. The first kappa shape index (κ1) is 12.0. The second-order valence-corrected chi connectivity index (χ2v) is 4.68. The van der Waals surface area contributed by atoms with E-state index in [9.17, 15) is 9.50 Å². The third-order valence-electron chi connectivity index (χ3n) is 3.36. The Morgan fingerprint density at radius 3 is 2.95 bits per heavy atom. The molecular formula is C14H14FN3O. The van der Waals surface area contributed by atoms with Crippen molar-refractivity contribution in [2.24, 2.45) is 0 Å². The van der Waals surface area contributed by atoms with E-state index in [-0.39, 0.29) is 11.9 Å². The van der Waals surface area contributed by atoms with Gasteiger partial charge in [-0.2, -0.15) is 0 Å². The SMILES string of the molecule is O[C@@H]1C[C@@H](c2cccc(F)c2)N(c2cnccn2)C1. The third kappa shape index (κ3) is 2.42. The fourth-order valence-corrected chi connectivity index (χ4v) is 2.54. The summed E-state index contributed by atoms with van der Waals surface area (Å²) in [5, 5.41) is 9.88. The third-order valence-corrected chi connectivity index (χ3v) is 3.36. The van der Waals surface area contributed by atoms with Crippen LogP contribution in [0.15, 0.2) is 42.9 Å². The van der Waals surface area contributed by atoms with Gasteiger partial charge < -0.3 is 10.0 Å². The van der Waals surface area contributed by atoms with Crippen LogP contribution in [0.1, 0.15) is 18.0 Å². The van der Waals surface area contributed by atoms with Gasteiger partial charge in [-0.05, 0) is 24.1 Å². The number of aliphatic hydroxyl groups excluding tert-OH is 1. The van der Waals surface area contributed by atoms with Gasteiger partial charge in [-0.3, -0.25) is 4.98 Å². The van der Waals surface area contributed by atoms with Crippen molar-refractivity contribution in [1.82, 2.24) is 9.97 Å². The van der Waals surface area contributed by atoms with Crippen LogP contribution in [0.5, 0.6) is 0 Å². The van der Waals surface area contributed by atoms with Gasteiger partial charge in [-0.15, -0.1) is 0 Å². The van der Waals surface area contributed by atoms with Crippen LogP contribution in [-0.4, -0.2) is 27.7 Å². The summed E-state index contributed by atoms with van der Waals surface area (Å²) < 4.78 is 13.3. The number of anilines is 1. The molecule has 1 N–H and O–H groups in total. The van der Waals surface area contributed by atoms with Crippen molar-refractivity contribution in [2.75, 3.05) is 11.4 Å². The molecule has 0 unspecified atom stereocenters. The van der Waals surface area contributed by atoms with Gasteiger partial charge in [0.2, 0.25) is 0 Å². The van der Waals surface area contributed by atoms with Crippen molar-refractivity contribution in [1.29, 1.82) is 0 Å². The van der Waals surface area contributed by atoms with E-state index >= 15 is 0 Å². The van der Waals surface area contributed by atoms with Gasteiger partial charge in [-0.25, -0.2) is 9.37 Å². The zero-order valence-corrected chi connectivity index (χ0v) is 10.3. The molecule has 2 atom stereocenters. The maximum absolute atomic E-state index is 13.3. The van der Waals surface area contributed by atoms with Crippen LogP contribution in [0.3, 0.4) is 0 Å². The van der Waals surface area contributed by atoms with E-state index in [2.05, 4.69) is 9.97 Å². The minimum Gasteiger partial charge on any atom is -0.391 e. The van der Waals surface area contributed by atoms with E-state index in [0.717, 1.165) is 5.56 Å². The second-order valence-electron chi connectivity index (χ2n) is 4.68. The fourth-order valence-electron chi connectivity index (χ4n) is 2.54. The minimum atomic E-state index is -0.435. The Labute approximate surface area is 110 Å². The Kier molecular flexibility index (Phi) is 3.13. The average molecular weight is 259 g/mol. The predicted molar refractivity (Wildman–Crippen MR) is 69.1 cm³/mol. The molecule has 4 nitrogen and oxygen atoms in total. The summed E-state index contributed by atoms with van der Waals surface area (Å²) in [5.74, 6) is 0.436. The molecule has 2 heterocycles. The van der Waals surface area contributed by atoms with Crippen molar-refractivity contribution in [3.05, 3.63) is 54.2 Å². The average Bonchev–Trinajstić information content (AvgIpc) is 2.82. The number of rotatable bonds is 2. The Balaban J connectivity index is 1.95. The van der Waals surface area contributed by atoms with Crippen molar-refractivity contribution in [3.63, 3.8) is 0 Å². The molecule has 0 amide bonds. The minimum absolute atomic E-state index is 0.0672. The highest BCUT2D eigenvalue weighted by molar-refractivity contribution is 5.42. The van der Waals surface area contributed by atoms with Crippen LogP contribution in [0, 0.1) is 5.82 Å². The first-order valence-corrected chi connectivity index (χ1v) is 6.20. The van der Waals surface area contributed by atoms with Crippen LogP contribution in [0.4, 0.5) is 10.2 Å². The van der Waals surface area contributed by atoms with Crippen molar-refractivity contribution < 1.29 is 9.50 Å². The summed E-state index contributed by atoms with van der Waals surface area (Å²) in [5.41, 5.74) is 0.849. The predicted octanol–water partition coefficient (Wildman–Crippen LogP) is 1.93. The van der Waals surface area contributed by atoms with Crippen molar-refractivity contribution >= 4 is 5.82 Å². The first-order chi connectivity index (χ1) is 9.24. The van der Waals surface area contributed by atoms with E-state index in [0.29, 0.717) is 18.8 Å². The molecule has 0 bridgehead atoms. The molecule has 5 heteroatoms. The van der Waals surface area contributed by atoms with Gasteiger partial charge in [0.1, 0.15) is 11.6 Å². The van der Waals surface area contributed by atoms with E-state index in [1.54, 1.807) is 24.7 Å². The van der Waals surface area contributed by atoms with Crippen LogP contribution in [-0.2, 0) is 0 Å². The largest absolute Gasteiger partial charge is 0.391 e. The molecule has 1 aliphatic rings. The number of β-amino-alcohol motifs (C(OH)–C–C–N with tert-alkyl or cyclic N) is 1. The number of aromatic nitrogens is 2.